The molecule has 0 spiro atoms. The molecular formula is C16H25N3O. The van der Waals surface area contributed by atoms with Crippen LogP contribution in [-0.4, -0.2) is 23.6 Å². The van der Waals surface area contributed by atoms with Gasteiger partial charge in [0.2, 0.25) is 5.91 Å². The molecule has 3 rings (SSSR count). The van der Waals surface area contributed by atoms with Gasteiger partial charge in [-0.3, -0.25) is 4.79 Å². The fourth-order valence-electron chi connectivity index (χ4n) is 3.10. The van der Waals surface area contributed by atoms with Crippen LogP contribution in [0.5, 0.6) is 0 Å². The molecule has 2 N–H and O–H groups in total. The Morgan fingerprint density at radius 3 is 2.95 bits per heavy atom. The normalized spacial score (nSPS) is 21.6. The van der Waals surface area contributed by atoms with Gasteiger partial charge in [-0.1, -0.05) is 6.92 Å². The first kappa shape index (κ1) is 13.7. The molecule has 0 aromatic carbocycles. The zero-order valence-corrected chi connectivity index (χ0v) is 12.3. The Balaban J connectivity index is 1.60. The van der Waals surface area contributed by atoms with Crippen molar-refractivity contribution in [3.63, 3.8) is 0 Å². The number of nitrogens with one attached hydrogen (secondary N) is 2. The van der Waals surface area contributed by atoms with Crippen molar-refractivity contribution in [3.8, 4) is 0 Å². The molecule has 1 saturated carbocycles. The van der Waals surface area contributed by atoms with Crippen LogP contribution < -0.4 is 10.6 Å². The third-order valence-electron chi connectivity index (χ3n) is 4.37. The molecule has 4 heteroatoms. The predicted molar refractivity (Wildman–Crippen MR) is 79.5 cm³/mol. The van der Waals surface area contributed by atoms with Crippen LogP contribution in [0.1, 0.15) is 49.8 Å². The summed E-state index contributed by atoms with van der Waals surface area (Å²) in [5.41, 5.74) is 2.81. The van der Waals surface area contributed by atoms with E-state index < -0.39 is 0 Å². The van der Waals surface area contributed by atoms with E-state index in [4.69, 9.17) is 0 Å². The van der Waals surface area contributed by atoms with E-state index in [2.05, 4.69) is 34.5 Å². The molecular weight excluding hydrogens is 250 g/mol. The third-order valence-corrected chi connectivity index (χ3v) is 4.37. The number of rotatable bonds is 6. The second kappa shape index (κ2) is 6.00. The number of carbonyl (C=O) groups is 1. The summed E-state index contributed by atoms with van der Waals surface area (Å²) < 4.78 is 2.06. The maximum Gasteiger partial charge on any atom is 0.239 e. The number of aromatic nitrogens is 1. The average molecular weight is 275 g/mol. The minimum Gasteiger partial charge on any atom is -0.354 e. The molecule has 0 aliphatic heterocycles. The van der Waals surface area contributed by atoms with Crippen LogP contribution in [0.2, 0.25) is 0 Å². The highest BCUT2D eigenvalue weighted by Gasteiger charge is 2.23. The molecule has 2 aliphatic carbocycles. The summed E-state index contributed by atoms with van der Waals surface area (Å²) in [6.45, 7) is 4.46. The first-order valence-corrected chi connectivity index (χ1v) is 7.95. The van der Waals surface area contributed by atoms with E-state index in [1.54, 1.807) is 0 Å². The summed E-state index contributed by atoms with van der Waals surface area (Å²) in [7, 11) is 0. The van der Waals surface area contributed by atoms with Gasteiger partial charge in [-0.15, -0.1) is 0 Å². The molecule has 2 aliphatic rings. The standard InChI is InChI=1S/C16H25N3O/c1-2-17-15-5-3-4-13-9-19(10-14(13)15)11-16(20)18-8-12-6-7-12/h9-10,12,15,17H,2-8,11H2,1H3,(H,18,20). The largest absolute Gasteiger partial charge is 0.354 e. The van der Waals surface area contributed by atoms with Gasteiger partial charge in [-0.25, -0.2) is 0 Å². The van der Waals surface area contributed by atoms with E-state index in [-0.39, 0.29) is 5.91 Å². The molecule has 1 amide bonds. The molecule has 20 heavy (non-hydrogen) atoms. The van der Waals surface area contributed by atoms with Gasteiger partial charge in [0.1, 0.15) is 6.54 Å². The first-order chi connectivity index (χ1) is 9.76. The monoisotopic (exact) mass is 275 g/mol. The van der Waals surface area contributed by atoms with Gasteiger partial charge in [0.05, 0.1) is 0 Å². The number of hydrogen-bond donors (Lipinski definition) is 2. The molecule has 110 valence electrons. The number of amides is 1. The summed E-state index contributed by atoms with van der Waals surface area (Å²) in [4.78, 5) is 11.9. The van der Waals surface area contributed by atoms with Crippen molar-refractivity contribution in [2.75, 3.05) is 13.1 Å². The molecule has 0 radical (unpaired) electrons. The van der Waals surface area contributed by atoms with Gasteiger partial charge >= 0.3 is 0 Å². The van der Waals surface area contributed by atoms with Gasteiger partial charge < -0.3 is 15.2 Å². The SMILES string of the molecule is CCNC1CCCc2cn(CC(=O)NCC3CC3)cc21. The van der Waals surface area contributed by atoms with Gasteiger partial charge in [0.15, 0.2) is 0 Å². The topological polar surface area (TPSA) is 46.1 Å². The van der Waals surface area contributed by atoms with E-state index in [9.17, 15) is 4.79 Å². The van der Waals surface area contributed by atoms with Crippen molar-refractivity contribution in [2.45, 2.75) is 51.6 Å². The van der Waals surface area contributed by atoms with E-state index in [1.165, 1.54) is 36.8 Å². The number of carbonyl (C=O) groups excluding carboxylic acids is 1. The van der Waals surface area contributed by atoms with Crippen LogP contribution in [0, 0.1) is 5.92 Å². The Hall–Kier alpha value is -1.29. The first-order valence-electron chi connectivity index (χ1n) is 7.95. The number of nitrogens with zero attached hydrogens (tertiary/aromatic N) is 1. The number of hydrogen-bond acceptors (Lipinski definition) is 2. The smallest absolute Gasteiger partial charge is 0.239 e. The molecule has 1 aromatic heterocycles. The van der Waals surface area contributed by atoms with Crippen molar-refractivity contribution in [1.82, 2.24) is 15.2 Å². The van der Waals surface area contributed by atoms with E-state index in [0.29, 0.717) is 12.6 Å². The lowest BCUT2D eigenvalue weighted by atomic mass is 9.91. The second-order valence-electron chi connectivity index (χ2n) is 6.16. The van der Waals surface area contributed by atoms with Crippen LogP contribution >= 0.6 is 0 Å². The summed E-state index contributed by atoms with van der Waals surface area (Å²) in [6, 6.07) is 0.472. The van der Waals surface area contributed by atoms with Gasteiger partial charge in [-0.2, -0.15) is 0 Å². The third kappa shape index (κ3) is 3.23. The van der Waals surface area contributed by atoms with Crippen LogP contribution in [0.25, 0.3) is 0 Å². The highest BCUT2D eigenvalue weighted by atomic mass is 16.1. The molecule has 1 atom stereocenters. The maximum absolute atomic E-state index is 11.9. The summed E-state index contributed by atoms with van der Waals surface area (Å²) in [6.07, 6.45) is 10.5. The van der Waals surface area contributed by atoms with Crippen molar-refractivity contribution < 1.29 is 4.79 Å². The lowest BCUT2D eigenvalue weighted by Gasteiger charge is -2.22. The number of fused-ring (bicyclic) bond motifs is 1. The van der Waals surface area contributed by atoms with Crippen LogP contribution in [0.15, 0.2) is 12.4 Å². The average Bonchev–Trinajstić information content (AvgIpc) is 3.17. The Morgan fingerprint density at radius 1 is 1.35 bits per heavy atom. The van der Waals surface area contributed by atoms with Crippen molar-refractivity contribution in [1.29, 1.82) is 0 Å². The summed E-state index contributed by atoms with van der Waals surface area (Å²) in [5.74, 6) is 0.888. The lowest BCUT2D eigenvalue weighted by Crippen LogP contribution is -2.28. The van der Waals surface area contributed by atoms with Crippen molar-refractivity contribution >= 4 is 5.91 Å². The zero-order chi connectivity index (χ0) is 13.9. The summed E-state index contributed by atoms with van der Waals surface area (Å²) >= 11 is 0. The van der Waals surface area contributed by atoms with Crippen molar-refractivity contribution in [2.24, 2.45) is 5.92 Å². The fourth-order valence-corrected chi connectivity index (χ4v) is 3.10. The van der Waals surface area contributed by atoms with E-state index in [0.717, 1.165) is 25.4 Å². The lowest BCUT2D eigenvalue weighted by molar-refractivity contribution is -0.121. The minimum absolute atomic E-state index is 0.143. The molecule has 1 fully saturated rings. The van der Waals surface area contributed by atoms with Crippen molar-refractivity contribution in [3.05, 3.63) is 23.5 Å². The predicted octanol–water partition coefficient (Wildman–Crippen LogP) is 2.00. The second-order valence-corrected chi connectivity index (χ2v) is 6.16. The summed E-state index contributed by atoms with van der Waals surface area (Å²) in [5, 5.41) is 6.58. The molecule has 1 unspecified atom stereocenters. The van der Waals surface area contributed by atoms with Gasteiger partial charge in [0.25, 0.3) is 0 Å². The van der Waals surface area contributed by atoms with Crippen LogP contribution in [0.3, 0.4) is 0 Å². The van der Waals surface area contributed by atoms with Gasteiger partial charge in [-0.05, 0) is 55.7 Å². The molecule has 4 nitrogen and oxygen atoms in total. The zero-order valence-electron chi connectivity index (χ0n) is 12.3. The highest BCUT2D eigenvalue weighted by Crippen LogP contribution is 2.30. The van der Waals surface area contributed by atoms with Gasteiger partial charge in [0, 0.05) is 25.0 Å². The van der Waals surface area contributed by atoms with Crippen LogP contribution in [-0.2, 0) is 17.8 Å². The molecule has 1 aromatic rings. The quantitative estimate of drug-likeness (QED) is 0.834. The molecule has 0 saturated heterocycles. The van der Waals surface area contributed by atoms with E-state index >= 15 is 0 Å². The Kier molecular flexibility index (Phi) is 4.10. The highest BCUT2D eigenvalue weighted by molar-refractivity contribution is 5.75. The Labute approximate surface area is 120 Å². The Bertz CT molecular complexity index is 476. The number of aryl methyl sites for hydroxylation is 1. The minimum atomic E-state index is 0.143. The maximum atomic E-state index is 11.9. The van der Waals surface area contributed by atoms with E-state index in [1.807, 2.05) is 0 Å². The Morgan fingerprint density at radius 2 is 2.20 bits per heavy atom. The van der Waals surface area contributed by atoms with Crippen LogP contribution in [0.4, 0.5) is 0 Å². The molecule has 1 heterocycles. The fraction of sp³-hybridized carbons (Fsp3) is 0.688. The molecule has 0 bridgehead atoms.